The number of hydrogen-bond donors (Lipinski definition) is 2. The lowest BCUT2D eigenvalue weighted by atomic mass is 10.1. The molecule has 31 heavy (non-hydrogen) atoms. The Bertz CT molecular complexity index is 893. The first-order valence-electron chi connectivity index (χ1n) is 10.1. The number of pyridine rings is 1. The predicted octanol–water partition coefficient (Wildman–Crippen LogP) is 3.38. The van der Waals surface area contributed by atoms with Gasteiger partial charge in [0.1, 0.15) is 6.61 Å². The number of halogens is 3. The number of benzene rings is 1. The van der Waals surface area contributed by atoms with Crippen molar-refractivity contribution in [3.63, 3.8) is 0 Å². The van der Waals surface area contributed by atoms with Crippen LogP contribution in [0, 0.1) is 6.92 Å². The average molecular weight is 438 g/mol. The summed E-state index contributed by atoms with van der Waals surface area (Å²) in [4.78, 5) is 16.0. The summed E-state index contributed by atoms with van der Waals surface area (Å²) in [5.74, 6) is 0.658. The molecule has 0 radical (unpaired) electrons. The number of guanidine groups is 1. The lowest BCUT2D eigenvalue weighted by molar-refractivity contribution is -0.176. The van der Waals surface area contributed by atoms with Crippen LogP contribution in [-0.4, -0.2) is 36.9 Å². The van der Waals surface area contributed by atoms with E-state index >= 15 is 0 Å². The van der Waals surface area contributed by atoms with E-state index in [9.17, 15) is 18.0 Å². The number of ether oxygens (including phenoxy) is 1. The van der Waals surface area contributed by atoms with Gasteiger partial charge >= 0.3 is 6.18 Å². The summed E-state index contributed by atoms with van der Waals surface area (Å²) >= 11 is 0. The van der Waals surface area contributed by atoms with Crippen molar-refractivity contribution in [2.75, 3.05) is 20.2 Å². The molecule has 0 unspecified atom stereocenters. The number of aryl methyl sites for hydroxylation is 1. The Morgan fingerprint density at radius 2 is 1.77 bits per heavy atom. The summed E-state index contributed by atoms with van der Waals surface area (Å²) in [5.41, 5.74) is 2.63. The van der Waals surface area contributed by atoms with Gasteiger partial charge in [0, 0.05) is 38.4 Å². The van der Waals surface area contributed by atoms with Crippen molar-refractivity contribution in [2.24, 2.45) is 4.99 Å². The highest BCUT2D eigenvalue weighted by atomic mass is 19.4. The van der Waals surface area contributed by atoms with Gasteiger partial charge in [-0.1, -0.05) is 30.3 Å². The molecular weight excluding hydrogens is 409 g/mol. The third kappa shape index (κ3) is 9.25. The molecule has 0 atom stereocenters. The van der Waals surface area contributed by atoms with Gasteiger partial charge in [0.25, 0.3) is 5.56 Å². The van der Waals surface area contributed by atoms with Crippen LogP contribution < -0.4 is 16.2 Å². The fourth-order valence-electron chi connectivity index (χ4n) is 2.96. The second kappa shape index (κ2) is 12.1. The second-order valence-corrected chi connectivity index (χ2v) is 7.14. The lowest BCUT2D eigenvalue weighted by Gasteiger charge is -2.13. The van der Waals surface area contributed by atoms with Crippen LogP contribution in [-0.2, 0) is 24.4 Å². The smallest absolute Gasteiger partial charge is 0.367 e. The molecule has 0 aliphatic rings. The van der Waals surface area contributed by atoms with E-state index in [0.29, 0.717) is 24.6 Å². The zero-order chi connectivity index (χ0) is 22.7. The van der Waals surface area contributed by atoms with Crippen LogP contribution >= 0.6 is 0 Å². The minimum atomic E-state index is -4.31. The molecule has 1 heterocycles. The van der Waals surface area contributed by atoms with Crippen molar-refractivity contribution >= 4 is 5.96 Å². The van der Waals surface area contributed by atoms with Crippen LogP contribution in [0.1, 0.15) is 29.7 Å². The number of nitrogens with zero attached hydrogens (tertiary/aromatic N) is 2. The van der Waals surface area contributed by atoms with Gasteiger partial charge in [-0.25, -0.2) is 0 Å². The van der Waals surface area contributed by atoms with Crippen LogP contribution in [0.3, 0.4) is 0 Å². The van der Waals surface area contributed by atoms with Crippen LogP contribution in [0.25, 0.3) is 0 Å². The Hall–Kier alpha value is -2.81. The normalized spacial score (nSPS) is 12.1. The van der Waals surface area contributed by atoms with Gasteiger partial charge in [0.05, 0.1) is 6.61 Å². The van der Waals surface area contributed by atoms with Crippen molar-refractivity contribution in [1.82, 2.24) is 15.2 Å². The highest BCUT2D eigenvalue weighted by Crippen LogP contribution is 2.15. The van der Waals surface area contributed by atoms with Crippen LogP contribution in [0.5, 0.6) is 0 Å². The van der Waals surface area contributed by atoms with Crippen molar-refractivity contribution < 1.29 is 17.9 Å². The molecule has 0 amide bonds. The molecule has 6 nitrogen and oxygen atoms in total. The Labute approximate surface area is 180 Å². The van der Waals surface area contributed by atoms with Crippen molar-refractivity contribution in [3.05, 3.63) is 69.6 Å². The first-order valence-corrected chi connectivity index (χ1v) is 10.1. The van der Waals surface area contributed by atoms with E-state index in [1.54, 1.807) is 35.9 Å². The third-order valence-electron chi connectivity index (χ3n) is 4.61. The molecule has 2 aromatic rings. The first kappa shape index (κ1) is 24.5. The topological polar surface area (TPSA) is 67.7 Å². The van der Waals surface area contributed by atoms with Crippen molar-refractivity contribution in [2.45, 2.75) is 45.6 Å². The molecule has 1 aromatic carbocycles. The molecule has 0 aliphatic carbocycles. The Morgan fingerprint density at radius 3 is 2.42 bits per heavy atom. The van der Waals surface area contributed by atoms with E-state index in [0.717, 1.165) is 30.6 Å². The highest BCUT2D eigenvalue weighted by molar-refractivity contribution is 5.79. The highest BCUT2D eigenvalue weighted by Gasteiger charge is 2.27. The van der Waals surface area contributed by atoms with Gasteiger partial charge in [0.2, 0.25) is 0 Å². The minimum Gasteiger partial charge on any atom is -0.367 e. The molecule has 0 saturated carbocycles. The summed E-state index contributed by atoms with van der Waals surface area (Å²) in [5, 5.41) is 6.43. The second-order valence-electron chi connectivity index (χ2n) is 7.14. The van der Waals surface area contributed by atoms with Gasteiger partial charge in [-0.2, -0.15) is 13.2 Å². The monoisotopic (exact) mass is 438 g/mol. The number of rotatable bonds is 10. The summed E-state index contributed by atoms with van der Waals surface area (Å²) < 4.78 is 42.8. The van der Waals surface area contributed by atoms with E-state index in [4.69, 9.17) is 0 Å². The summed E-state index contributed by atoms with van der Waals surface area (Å²) in [6.07, 6.45) is -2.56. The zero-order valence-corrected chi connectivity index (χ0v) is 17.8. The Kier molecular flexibility index (Phi) is 9.58. The lowest BCUT2D eigenvalue weighted by Crippen LogP contribution is -2.37. The number of aromatic nitrogens is 1. The maximum Gasteiger partial charge on any atom is 0.411 e. The van der Waals surface area contributed by atoms with E-state index < -0.39 is 12.8 Å². The molecule has 9 heteroatoms. The molecule has 0 aliphatic heterocycles. The standard InChI is InChI=1S/C22H29F3N4O2/c1-17-6-5-7-20(30)29(17)13-4-3-12-27-21(26-2)28-14-18-8-10-19(11-9-18)15-31-16-22(23,24)25/h5-11H,3-4,12-16H2,1-2H3,(H2,26,27,28). The van der Waals surface area contributed by atoms with Crippen molar-refractivity contribution in [1.29, 1.82) is 0 Å². The molecule has 170 valence electrons. The van der Waals surface area contributed by atoms with Gasteiger partial charge in [-0.3, -0.25) is 9.79 Å². The predicted molar refractivity (Wildman–Crippen MR) is 115 cm³/mol. The summed E-state index contributed by atoms with van der Waals surface area (Å²) in [6, 6.07) is 12.4. The summed E-state index contributed by atoms with van der Waals surface area (Å²) in [6.45, 7) is 2.52. The van der Waals surface area contributed by atoms with Gasteiger partial charge < -0.3 is 19.9 Å². The van der Waals surface area contributed by atoms with E-state index in [1.807, 2.05) is 25.1 Å². The van der Waals surface area contributed by atoms with Crippen LogP contribution in [0.15, 0.2) is 52.3 Å². The molecule has 0 fully saturated rings. The minimum absolute atomic E-state index is 0.0170. The Balaban J connectivity index is 1.67. The molecule has 1 aromatic heterocycles. The molecular formula is C22H29F3N4O2. The number of aliphatic imine (C=N–C) groups is 1. The number of nitrogens with one attached hydrogen (secondary N) is 2. The Morgan fingerprint density at radius 1 is 1.06 bits per heavy atom. The van der Waals surface area contributed by atoms with Crippen LogP contribution in [0.4, 0.5) is 13.2 Å². The molecule has 2 rings (SSSR count). The molecule has 2 N–H and O–H groups in total. The SMILES string of the molecule is CN=C(NCCCCn1c(C)cccc1=O)NCc1ccc(COCC(F)(F)F)cc1. The first-order chi connectivity index (χ1) is 14.8. The van der Waals surface area contributed by atoms with E-state index in [1.165, 1.54) is 0 Å². The molecule has 0 bridgehead atoms. The zero-order valence-electron chi connectivity index (χ0n) is 17.8. The number of alkyl halides is 3. The summed E-state index contributed by atoms with van der Waals surface area (Å²) in [7, 11) is 1.68. The number of unbranched alkanes of at least 4 members (excludes halogenated alkanes) is 1. The van der Waals surface area contributed by atoms with E-state index in [2.05, 4.69) is 20.4 Å². The largest absolute Gasteiger partial charge is 0.411 e. The molecule has 0 saturated heterocycles. The van der Waals surface area contributed by atoms with Gasteiger partial charge in [0.15, 0.2) is 5.96 Å². The number of hydrogen-bond acceptors (Lipinski definition) is 3. The maximum absolute atomic E-state index is 12.1. The fourth-order valence-corrected chi connectivity index (χ4v) is 2.96. The fraction of sp³-hybridized carbons (Fsp3) is 0.455. The maximum atomic E-state index is 12.1. The van der Waals surface area contributed by atoms with Crippen LogP contribution in [0.2, 0.25) is 0 Å². The van der Waals surface area contributed by atoms with Gasteiger partial charge in [-0.15, -0.1) is 0 Å². The quantitative estimate of drug-likeness (QED) is 0.339. The van der Waals surface area contributed by atoms with Crippen molar-refractivity contribution in [3.8, 4) is 0 Å². The van der Waals surface area contributed by atoms with Gasteiger partial charge in [-0.05, 0) is 37.0 Å². The average Bonchev–Trinajstić information content (AvgIpc) is 2.72. The van der Waals surface area contributed by atoms with E-state index in [-0.39, 0.29) is 12.2 Å². The molecule has 0 spiro atoms. The third-order valence-corrected chi connectivity index (χ3v) is 4.61.